The van der Waals surface area contributed by atoms with E-state index in [-0.39, 0.29) is 17.5 Å². The molecule has 0 atom stereocenters. The third-order valence-electron chi connectivity index (χ3n) is 7.46. The van der Waals surface area contributed by atoms with E-state index in [1.165, 1.54) is 36.2 Å². The smallest absolute Gasteiger partial charge is 0.178 e. The predicted molar refractivity (Wildman–Crippen MR) is 139 cm³/mol. The van der Waals surface area contributed by atoms with Crippen LogP contribution in [0.5, 0.6) is 5.75 Å². The summed E-state index contributed by atoms with van der Waals surface area (Å²) in [5.74, 6) is 0.242. The van der Waals surface area contributed by atoms with E-state index >= 15 is 0 Å². The van der Waals surface area contributed by atoms with Gasteiger partial charge in [0.2, 0.25) is 0 Å². The van der Waals surface area contributed by atoms with Gasteiger partial charge in [0.1, 0.15) is 18.1 Å². The minimum absolute atomic E-state index is 0.107. The van der Waals surface area contributed by atoms with Crippen LogP contribution in [0.25, 0.3) is 11.3 Å². The first-order valence-corrected chi connectivity index (χ1v) is 12.8. The predicted octanol–water partition coefficient (Wildman–Crippen LogP) is 5.74. The SMILES string of the molecule is Cc1cc(Cc2ncc(F)c(-c3cc(F)c4c(c3)N(C(C)C)CCO4)n2)ccc1C1CCN(C)CC1. The molecule has 7 heteroatoms. The van der Waals surface area contributed by atoms with Crippen molar-refractivity contribution in [2.24, 2.45) is 0 Å². The van der Waals surface area contributed by atoms with Crippen molar-refractivity contribution in [1.29, 1.82) is 0 Å². The Labute approximate surface area is 212 Å². The van der Waals surface area contributed by atoms with Crippen molar-refractivity contribution in [3.8, 4) is 17.0 Å². The van der Waals surface area contributed by atoms with Gasteiger partial charge < -0.3 is 14.5 Å². The molecule has 3 aromatic rings. The summed E-state index contributed by atoms with van der Waals surface area (Å²) in [6.45, 7) is 9.57. The molecule has 0 bridgehead atoms. The first kappa shape index (κ1) is 24.6. The molecular formula is C29H34F2N4O. The van der Waals surface area contributed by atoms with Gasteiger partial charge in [0, 0.05) is 18.0 Å². The second kappa shape index (κ2) is 10.1. The summed E-state index contributed by atoms with van der Waals surface area (Å²) in [6.07, 6.45) is 4.03. The molecule has 1 saturated heterocycles. The minimum Gasteiger partial charge on any atom is -0.486 e. The highest BCUT2D eigenvalue weighted by Gasteiger charge is 2.26. The first-order valence-electron chi connectivity index (χ1n) is 12.8. The number of ether oxygens (including phenoxy) is 1. The standard InChI is InChI=1S/C29H34F2N4O/c1-18(2)35-11-12-36-29-24(30)15-22(16-26(29)35)28-25(31)17-32-27(33-28)14-20-5-6-23(19(3)13-20)21-7-9-34(4)10-8-21/h5-6,13,15-18,21H,7-12,14H2,1-4H3. The normalized spacial score (nSPS) is 16.8. The number of hydrogen-bond donors (Lipinski definition) is 0. The number of nitrogens with zero attached hydrogens (tertiary/aromatic N) is 4. The molecule has 1 fully saturated rings. The number of rotatable bonds is 5. The monoisotopic (exact) mass is 492 g/mol. The van der Waals surface area contributed by atoms with E-state index in [4.69, 9.17) is 4.74 Å². The summed E-state index contributed by atoms with van der Waals surface area (Å²) < 4.78 is 35.4. The van der Waals surface area contributed by atoms with Crippen LogP contribution in [0.3, 0.4) is 0 Å². The van der Waals surface area contributed by atoms with E-state index in [1.807, 2.05) is 13.8 Å². The lowest BCUT2D eigenvalue weighted by Crippen LogP contribution is -2.38. The molecule has 5 rings (SSSR count). The topological polar surface area (TPSA) is 41.5 Å². The van der Waals surface area contributed by atoms with Crippen LogP contribution in [0.15, 0.2) is 36.5 Å². The molecule has 2 aromatic carbocycles. The van der Waals surface area contributed by atoms with E-state index in [0.29, 0.717) is 42.6 Å². The Morgan fingerprint density at radius 2 is 1.83 bits per heavy atom. The quantitative estimate of drug-likeness (QED) is 0.455. The molecule has 2 aliphatic rings. The minimum atomic E-state index is -0.570. The highest BCUT2D eigenvalue weighted by Crippen LogP contribution is 2.39. The van der Waals surface area contributed by atoms with Crippen LogP contribution in [0, 0.1) is 18.6 Å². The lowest BCUT2D eigenvalue weighted by atomic mass is 9.86. The Morgan fingerprint density at radius 1 is 1.06 bits per heavy atom. The Kier molecular flexibility index (Phi) is 6.93. The van der Waals surface area contributed by atoms with E-state index in [1.54, 1.807) is 6.07 Å². The third kappa shape index (κ3) is 4.94. The molecular weight excluding hydrogens is 458 g/mol. The van der Waals surface area contributed by atoms with Gasteiger partial charge in [-0.05, 0) is 88.5 Å². The van der Waals surface area contributed by atoms with Gasteiger partial charge in [-0.3, -0.25) is 0 Å². The van der Waals surface area contributed by atoms with Gasteiger partial charge in [-0.25, -0.2) is 18.7 Å². The Morgan fingerprint density at radius 3 is 2.56 bits per heavy atom. The molecule has 2 aliphatic heterocycles. The van der Waals surface area contributed by atoms with Crippen LogP contribution in [-0.2, 0) is 6.42 Å². The van der Waals surface area contributed by atoms with E-state index in [2.05, 4.69) is 51.9 Å². The van der Waals surface area contributed by atoms with Crippen LogP contribution >= 0.6 is 0 Å². The van der Waals surface area contributed by atoms with Crippen molar-refractivity contribution in [2.75, 3.05) is 38.2 Å². The molecule has 0 radical (unpaired) electrons. The first-order chi connectivity index (χ1) is 17.3. The number of piperidine rings is 1. The fraction of sp³-hybridized carbons (Fsp3) is 0.448. The van der Waals surface area contributed by atoms with Gasteiger partial charge in [-0.1, -0.05) is 18.2 Å². The van der Waals surface area contributed by atoms with Crippen LogP contribution < -0.4 is 9.64 Å². The number of aryl methyl sites for hydroxylation is 1. The largest absolute Gasteiger partial charge is 0.486 e. The van der Waals surface area contributed by atoms with Crippen molar-refractivity contribution in [3.05, 3.63) is 70.7 Å². The number of anilines is 1. The second-order valence-electron chi connectivity index (χ2n) is 10.4. The molecule has 0 amide bonds. The average Bonchev–Trinajstić information content (AvgIpc) is 2.85. The Bertz CT molecular complexity index is 1250. The molecule has 36 heavy (non-hydrogen) atoms. The van der Waals surface area contributed by atoms with Gasteiger partial charge >= 0.3 is 0 Å². The zero-order chi connectivity index (χ0) is 25.4. The molecule has 1 aromatic heterocycles. The number of benzene rings is 2. The molecule has 0 spiro atoms. The second-order valence-corrected chi connectivity index (χ2v) is 10.4. The van der Waals surface area contributed by atoms with Crippen LogP contribution in [0.1, 0.15) is 55.1 Å². The van der Waals surface area contributed by atoms with Crippen molar-refractivity contribution < 1.29 is 13.5 Å². The summed E-state index contributed by atoms with van der Waals surface area (Å²) in [6, 6.07) is 9.78. The summed E-state index contributed by atoms with van der Waals surface area (Å²) >= 11 is 0. The van der Waals surface area contributed by atoms with E-state index in [9.17, 15) is 8.78 Å². The molecule has 3 heterocycles. The maximum atomic E-state index is 15.0. The maximum Gasteiger partial charge on any atom is 0.178 e. The number of halogens is 2. The Hall–Kier alpha value is -3.06. The van der Waals surface area contributed by atoms with Gasteiger partial charge in [0.25, 0.3) is 0 Å². The fourth-order valence-corrected chi connectivity index (χ4v) is 5.47. The van der Waals surface area contributed by atoms with Crippen LogP contribution in [-0.4, -0.2) is 54.2 Å². The number of hydrogen-bond acceptors (Lipinski definition) is 5. The molecule has 0 aliphatic carbocycles. The lowest BCUT2D eigenvalue weighted by molar-refractivity contribution is 0.255. The average molecular weight is 493 g/mol. The summed E-state index contributed by atoms with van der Waals surface area (Å²) in [5.41, 5.74) is 4.89. The molecule has 0 unspecified atom stereocenters. The van der Waals surface area contributed by atoms with Crippen LogP contribution in [0.2, 0.25) is 0 Å². The number of likely N-dealkylation sites (tertiary alicyclic amines) is 1. The maximum absolute atomic E-state index is 15.0. The van der Waals surface area contributed by atoms with E-state index < -0.39 is 11.6 Å². The lowest BCUT2D eigenvalue weighted by Gasteiger charge is -2.34. The number of aromatic nitrogens is 2. The number of fused-ring (bicyclic) bond motifs is 1. The highest BCUT2D eigenvalue weighted by atomic mass is 19.1. The Balaban J connectivity index is 1.41. The van der Waals surface area contributed by atoms with Crippen molar-refractivity contribution in [2.45, 2.75) is 52.0 Å². The van der Waals surface area contributed by atoms with Crippen molar-refractivity contribution in [3.63, 3.8) is 0 Å². The summed E-state index contributed by atoms with van der Waals surface area (Å²) in [5, 5.41) is 0. The van der Waals surface area contributed by atoms with Gasteiger partial charge in [0.05, 0.1) is 18.4 Å². The fourth-order valence-electron chi connectivity index (χ4n) is 5.47. The zero-order valence-electron chi connectivity index (χ0n) is 21.5. The zero-order valence-corrected chi connectivity index (χ0v) is 21.5. The highest BCUT2D eigenvalue weighted by molar-refractivity contribution is 5.72. The molecule has 0 saturated carbocycles. The van der Waals surface area contributed by atoms with E-state index in [0.717, 1.165) is 18.7 Å². The third-order valence-corrected chi connectivity index (χ3v) is 7.46. The summed E-state index contributed by atoms with van der Waals surface area (Å²) in [4.78, 5) is 13.2. The van der Waals surface area contributed by atoms with Crippen molar-refractivity contribution in [1.82, 2.24) is 14.9 Å². The summed E-state index contributed by atoms with van der Waals surface area (Å²) in [7, 11) is 2.18. The molecule has 190 valence electrons. The van der Waals surface area contributed by atoms with Gasteiger partial charge in [0.15, 0.2) is 17.4 Å². The molecule has 5 nitrogen and oxygen atoms in total. The van der Waals surface area contributed by atoms with Gasteiger partial charge in [-0.15, -0.1) is 0 Å². The van der Waals surface area contributed by atoms with Crippen molar-refractivity contribution >= 4 is 5.69 Å². The van der Waals surface area contributed by atoms with Crippen LogP contribution in [0.4, 0.5) is 14.5 Å². The molecule has 0 N–H and O–H groups in total. The van der Waals surface area contributed by atoms with Gasteiger partial charge in [-0.2, -0.15) is 0 Å².